The fraction of sp³-hybridized carbons (Fsp3) is 0.125. The van der Waals surface area contributed by atoms with Crippen molar-refractivity contribution in [2.75, 3.05) is 0 Å². The zero-order valence-corrected chi connectivity index (χ0v) is 23.2. The van der Waals surface area contributed by atoms with E-state index in [9.17, 15) is 0 Å². The molecule has 0 aliphatic carbocycles. The average Bonchev–Trinajstić information content (AvgIpc) is 2.92. The van der Waals surface area contributed by atoms with Crippen molar-refractivity contribution in [1.29, 1.82) is 0 Å². The summed E-state index contributed by atoms with van der Waals surface area (Å²) < 4.78 is 7.74. The molecule has 0 fully saturated rings. The van der Waals surface area contributed by atoms with Crippen LogP contribution in [0.3, 0.4) is 0 Å². The van der Waals surface area contributed by atoms with Gasteiger partial charge >= 0.3 is 0 Å². The van der Waals surface area contributed by atoms with E-state index in [1.165, 1.54) is 37.8 Å². The molecule has 0 aromatic heterocycles. The number of rotatable bonds is 8. The van der Waals surface area contributed by atoms with Crippen LogP contribution in [0.5, 0.6) is 0 Å². The SMILES string of the molecule is C=C[Si](C=C)(O[Si](c1ccccc1)(c1ccccc1)c1cc(C)c(C)c(C)c1C)c1ccccc1. The van der Waals surface area contributed by atoms with Gasteiger partial charge in [0.2, 0.25) is 0 Å². The lowest BCUT2D eigenvalue weighted by Crippen LogP contribution is -2.75. The summed E-state index contributed by atoms with van der Waals surface area (Å²) in [5, 5.41) is 4.92. The second kappa shape index (κ2) is 10.2. The van der Waals surface area contributed by atoms with E-state index in [4.69, 9.17) is 4.12 Å². The van der Waals surface area contributed by atoms with Crippen LogP contribution in [-0.2, 0) is 4.12 Å². The Morgan fingerprint density at radius 2 is 1.00 bits per heavy atom. The summed E-state index contributed by atoms with van der Waals surface area (Å²) >= 11 is 0. The Labute approximate surface area is 212 Å². The van der Waals surface area contributed by atoms with E-state index in [-0.39, 0.29) is 0 Å². The molecule has 0 heterocycles. The fourth-order valence-electron chi connectivity index (χ4n) is 4.99. The van der Waals surface area contributed by atoms with E-state index in [0.29, 0.717) is 0 Å². The summed E-state index contributed by atoms with van der Waals surface area (Å²) in [4.78, 5) is 0. The van der Waals surface area contributed by atoms with Crippen LogP contribution >= 0.6 is 0 Å². The lowest BCUT2D eigenvalue weighted by molar-refractivity contribution is 0.598. The van der Waals surface area contributed by atoms with Crippen molar-refractivity contribution in [2.24, 2.45) is 0 Å². The average molecular weight is 491 g/mol. The summed E-state index contributed by atoms with van der Waals surface area (Å²) in [6.45, 7) is 17.5. The molecule has 4 aromatic carbocycles. The van der Waals surface area contributed by atoms with Crippen LogP contribution in [0.15, 0.2) is 122 Å². The molecule has 35 heavy (non-hydrogen) atoms. The molecule has 4 rings (SSSR count). The molecule has 0 unspecified atom stereocenters. The molecule has 0 saturated carbocycles. The molecule has 3 heteroatoms. The molecule has 0 aliphatic rings. The van der Waals surface area contributed by atoms with Crippen molar-refractivity contribution in [2.45, 2.75) is 27.7 Å². The Kier molecular flexibility index (Phi) is 7.22. The monoisotopic (exact) mass is 490 g/mol. The van der Waals surface area contributed by atoms with Crippen molar-refractivity contribution in [1.82, 2.24) is 0 Å². The van der Waals surface area contributed by atoms with Crippen LogP contribution in [0.2, 0.25) is 0 Å². The first-order valence-electron chi connectivity index (χ1n) is 12.1. The Bertz CT molecular complexity index is 1280. The molecule has 0 saturated heterocycles. The van der Waals surface area contributed by atoms with Crippen LogP contribution in [-0.4, -0.2) is 16.6 Å². The quantitative estimate of drug-likeness (QED) is 0.243. The molecule has 0 spiro atoms. The third kappa shape index (κ3) is 4.32. The highest BCUT2D eigenvalue weighted by molar-refractivity contribution is 7.14. The summed E-state index contributed by atoms with van der Waals surface area (Å²) in [6.07, 6.45) is 0. The van der Waals surface area contributed by atoms with Crippen LogP contribution < -0.4 is 20.7 Å². The van der Waals surface area contributed by atoms with Gasteiger partial charge in [-0.2, -0.15) is 0 Å². The minimum Gasteiger partial charge on any atom is -0.436 e. The van der Waals surface area contributed by atoms with Gasteiger partial charge in [-0.3, -0.25) is 0 Å². The lowest BCUT2D eigenvalue weighted by Gasteiger charge is -2.42. The molecule has 0 bridgehead atoms. The maximum Gasteiger partial charge on any atom is 0.279 e. The standard InChI is InChI=1S/C32H34OSi2/c1-7-34(8-2,29-18-12-9-13-19-29)33-35(30-20-14-10-15-21-30,31-22-16-11-17-23-31)32-24-25(3)26(4)27(5)28(32)6/h7-24H,1-2H2,3-6H3. The van der Waals surface area contributed by atoms with Crippen molar-refractivity contribution in [3.05, 3.63) is 144 Å². The van der Waals surface area contributed by atoms with Crippen molar-refractivity contribution < 1.29 is 4.12 Å². The zero-order chi connectivity index (χ0) is 25.1. The van der Waals surface area contributed by atoms with Crippen molar-refractivity contribution in [3.8, 4) is 0 Å². The second-order valence-electron chi connectivity index (χ2n) is 9.20. The zero-order valence-electron chi connectivity index (χ0n) is 21.2. The summed E-state index contributed by atoms with van der Waals surface area (Å²) in [5.74, 6) is 0. The van der Waals surface area contributed by atoms with E-state index in [2.05, 4.69) is 132 Å². The highest BCUT2D eigenvalue weighted by Crippen LogP contribution is 2.23. The number of hydrogen-bond donors (Lipinski definition) is 0. The molecular formula is C32H34OSi2. The third-order valence-corrected chi connectivity index (χ3v) is 16.0. The summed E-state index contributed by atoms with van der Waals surface area (Å²) in [7, 11) is -5.78. The van der Waals surface area contributed by atoms with Crippen LogP contribution in [0.25, 0.3) is 0 Å². The van der Waals surface area contributed by atoms with Gasteiger partial charge in [0.15, 0.2) is 0 Å². The highest BCUT2D eigenvalue weighted by atomic mass is 28.4. The second-order valence-corrected chi connectivity index (χ2v) is 16.1. The van der Waals surface area contributed by atoms with Gasteiger partial charge in [-0.1, -0.05) is 108 Å². The lowest BCUT2D eigenvalue weighted by atomic mass is 10.00. The van der Waals surface area contributed by atoms with E-state index < -0.39 is 16.6 Å². The summed E-state index contributed by atoms with van der Waals surface area (Å²) in [5.41, 5.74) is 9.33. The van der Waals surface area contributed by atoms with Crippen LogP contribution in [0, 0.1) is 27.7 Å². The molecule has 1 nitrogen and oxygen atoms in total. The van der Waals surface area contributed by atoms with Gasteiger partial charge in [0.05, 0.1) is 0 Å². The van der Waals surface area contributed by atoms with Gasteiger partial charge in [-0.05, 0) is 70.7 Å². The first kappa shape index (κ1) is 24.9. The Balaban J connectivity index is 2.16. The Morgan fingerprint density at radius 3 is 1.43 bits per heavy atom. The van der Waals surface area contributed by atoms with Gasteiger partial charge < -0.3 is 4.12 Å². The Hall–Kier alpha value is -3.25. The van der Waals surface area contributed by atoms with Crippen LogP contribution in [0.4, 0.5) is 0 Å². The van der Waals surface area contributed by atoms with E-state index >= 15 is 0 Å². The molecule has 0 atom stereocenters. The third-order valence-electron chi connectivity index (χ3n) is 7.37. The number of aryl methyl sites for hydroxylation is 1. The number of benzene rings is 4. The maximum absolute atomic E-state index is 7.74. The van der Waals surface area contributed by atoms with E-state index in [1.807, 2.05) is 17.5 Å². The van der Waals surface area contributed by atoms with Gasteiger partial charge in [0.25, 0.3) is 16.6 Å². The van der Waals surface area contributed by atoms with Gasteiger partial charge in [0.1, 0.15) is 0 Å². The first-order valence-corrected chi connectivity index (χ1v) is 16.1. The molecule has 0 radical (unpaired) electrons. The van der Waals surface area contributed by atoms with E-state index in [1.54, 1.807) is 0 Å². The first-order chi connectivity index (χ1) is 16.9. The molecule has 0 aliphatic heterocycles. The molecule has 176 valence electrons. The van der Waals surface area contributed by atoms with Crippen LogP contribution in [0.1, 0.15) is 22.3 Å². The molecular weight excluding hydrogens is 457 g/mol. The summed E-state index contributed by atoms with van der Waals surface area (Å²) in [6, 6.07) is 34.5. The minimum atomic E-state index is -3.00. The minimum absolute atomic E-state index is 1.16. The largest absolute Gasteiger partial charge is 0.436 e. The smallest absolute Gasteiger partial charge is 0.279 e. The predicted octanol–water partition coefficient (Wildman–Crippen LogP) is 5.21. The van der Waals surface area contributed by atoms with Gasteiger partial charge in [-0.25, -0.2) is 0 Å². The fourth-order valence-corrected chi connectivity index (χ4v) is 14.3. The molecule has 0 amide bonds. The Morgan fingerprint density at radius 1 is 0.571 bits per heavy atom. The van der Waals surface area contributed by atoms with Crippen molar-refractivity contribution >= 4 is 37.4 Å². The number of hydrogen-bond acceptors (Lipinski definition) is 1. The maximum atomic E-state index is 7.74. The van der Waals surface area contributed by atoms with Gasteiger partial charge in [0, 0.05) is 0 Å². The highest BCUT2D eigenvalue weighted by Gasteiger charge is 2.49. The molecule has 0 N–H and O–H groups in total. The van der Waals surface area contributed by atoms with Crippen molar-refractivity contribution in [3.63, 3.8) is 0 Å². The normalized spacial score (nSPS) is 11.8. The van der Waals surface area contributed by atoms with E-state index in [0.717, 1.165) is 5.19 Å². The van der Waals surface area contributed by atoms with Gasteiger partial charge in [-0.15, -0.1) is 13.2 Å². The topological polar surface area (TPSA) is 9.23 Å². The predicted molar refractivity (Wildman–Crippen MR) is 156 cm³/mol. The molecule has 4 aromatic rings.